The number of pyridine rings is 1. The van der Waals surface area contributed by atoms with Gasteiger partial charge in [-0.05, 0) is 75.4 Å². The van der Waals surface area contributed by atoms with Gasteiger partial charge >= 0.3 is 0 Å². The number of aromatic nitrogens is 1. The number of rotatable bonds is 4. The highest BCUT2D eigenvalue weighted by Gasteiger charge is 2.11. The van der Waals surface area contributed by atoms with Crippen molar-refractivity contribution in [3.63, 3.8) is 0 Å². The highest BCUT2D eigenvalue weighted by Crippen LogP contribution is 2.28. The van der Waals surface area contributed by atoms with Crippen molar-refractivity contribution >= 4 is 34.3 Å². The van der Waals surface area contributed by atoms with Crippen LogP contribution in [0.15, 0.2) is 35.4 Å². The fourth-order valence-corrected chi connectivity index (χ4v) is 4.20. The van der Waals surface area contributed by atoms with Crippen LogP contribution in [0.4, 0.5) is 5.69 Å². The van der Waals surface area contributed by atoms with Crippen molar-refractivity contribution < 1.29 is 4.79 Å². The third kappa shape index (κ3) is 4.16. The van der Waals surface area contributed by atoms with Crippen LogP contribution in [0.5, 0.6) is 0 Å². The average Bonchev–Trinajstić information content (AvgIpc) is 2.60. The molecule has 0 bridgehead atoms. The predicted octanol–water partition coefficient (Wildman–Crippen LogP) is 5.82. The van der Waals surface area contributed by atoms with Crippen molar-refractivity contribution in [2.24, 2.45) is 0 Å². The molecule has 140 valence electrons. The minimum atomic E-state index is -0.00410. The van der Waals surface area contributed by atoms with E-state index in [0.717, 1.165) is 27.4 Å². The molecule has 0 spiro atoms. The number of amides is 1. The van der Waals surface area contributed by atoms with Gasteiger partial charge in [0.15, 0.2) is 0 Å². The fraction of sp³-hybridized carbons (Fsp3) is 0.304. The second kappa shape index (κ2) is 7.73. The summed E-state index contributed by atoms with van der Waals surface area (Å²) in [7, 11) is 0. The van der Waals surface area contributed by atoms with Crippen LogP contribution in [0.2, 0.25) is 0 Å². The molecular formula is C23H26N2OS. The summed E-state index contributed by atoms with van der Waals surface area (Å²) in [5.41, 5.74) is 8.97. The Bertz CT molecular complexity index is 1020. The maximum Gasteiger partial charge on any atom is 0.234 e. The number of anilines is 1. The number of carbonyl (C=O) groups excluding carboxylic acids is 1. The minimum absolute atomic E-state index is 0.00410. The van der Waals surface area contributed by atoms with Crippen LogP contribution in [-0.2, 0) is 4.79 Å². The largest absolute Gasteiger partial charge is 0.325 e. The van der Waals surface area contributed by atoms with Crippen LogP contribution in [-0.4, -0.2) is 16.6 Å². The number of benzene rings is 2. The monoisotopic (exact) mass is 378 g/mol. The van der Waals surface area contributed by atoms with E-state index in [9.17, 15) is 4.79 Å². The van der Waals surface area contributed by atoms with Crippen molar-refractivity contribution in [2.45, 2.75) is 46.6 Å². The van der Waals surface area contributed by atoms with E-state index in [1.807, 2.05) is 13.8 Å². The molecule has 0 aliphatic heterocycles. The summed E-state index contributed by atoms with van der Waals surface area (Å²) >= 11 is 1.48. The maximum absolute atomic E-state index is 12.5. The fourth-order valence-electron chi connectivity index (χ4n) is 3.43. The third-order valence-electron chi connectivity index (χ3n) is 4.98. The molecule has 3 rings (SSSR count). The van der Waals surface area contributed by atoms with E-state index in [2.05, 4.69) is 63.3 Å². The molecule has 0 radical (unpaired) electrons. The van der Waals surface area contributed by atoms with Crippen molar-refractivity contribution in [3.05, 3.63) is 63.7 Å². The van der Waals surface area contributed by atoms with Gasteiger partial charge < -0.3 is 5.32 Å². The summed E-state index contributed by atoms with van der Waals surface area (Å²) in [6.45, 7) is 12.4. The number of nitrogens with zero attached hydrogens (tertiary/aromatic N) is 1. The average molecular weight is 379 g/mol. The molecule has 27 heavy (non-hydrogen) atoms. The molecule has 1 amide bonds. The number of aryl methyl sites for hydroxylation is 6. The maximum atomic E-state index is 12.5. The van der Waals surface area contributed by atoms with Gasteiger partial charge in [-0.25, -0.2) is 4.98 Å². The Morgan fingerprint density at radius 1 is 0.926 bits per heavy atom. The zero-order chi connectivity index (χ0) is 19.7. The summed E-state index contributed by atoms with van der Waals surface area (Å²) in [5, 5.41) is 5.13. The number of nitrogens with one attached hydrogen (secondary N) is 1. The molecule has 3 aromatic rings. The van der Waals surface area contributed by atoms with E-state index in [0.29, 0.717) is 5.75 Å². The third-order valence-corrected chi connectivity index (χ3v) is 5.89. The first-order chi connectivity index (χ1) is 12.8. The van der Waals surface area contributed by atoms with Gasteiger partial charge in [-0.2, -0.15) is 0 Å². The number of hydrogen-bond donors (Lipinski definition) is 1. The van der Waals surface area contributed by atoms with Crippen LogP contribution in [0.25, 0.3) is 10.9 Å². The molecule has 3 nitrogen and oxygen atoms in total. The van der Waals surface area contributed by atoms with Crippen molar-refractivity contribution in [1.82, 2.24) is 4.98 Å². The molecule has 1 aromatic heterocycles. The predicted molar refractivity (Wildman–Crippen MR) is 116 cm³/mol. The zero-order valence-electron chi connectivity index (χ0n) is 16.9. The lowest BCUT2D eigenvalue weighted by molar-refractivity contribution is -0.113. The Hall–Kier alpha value is -2.33. The van der Waals surface area contributed by atoms with Crippen LogP contribution >= 0.6 is 11.8 Å². The Labute approximate surface area is 165 Å². The Balaban J connectivity index is 1.77. The molecule has 2 aromatic carbocycles. The first-order valence-electron chi connectivity index (χ1n) is 9.14. The zero-order valence-corrected chi connectivity index (χ0v) is 17.7. The second-order valence-electron chi connectivity index (χ2n) is 7.29. The van der Waals surface area contributed by atoms with E-state index in [1.54, 1.807) is 0 Å². The Kier molecular flexibility index (Phi) is 5.56. The van der Waals surface area contributed by atoms with Gasteiger partial charge in [-0.15, -0.1) is 0 Å². The summed E-state index contributed by atoms with van der Waals surface area (Å²) in [5.74, 6) is 0.339. The molecule has 0 aliphatic rings. The van der Waals surface area contributed by atoms with Crippen LogP contribution in [0.3, 0.4) is 0 Å². The lowest BCUT2D eigenvalue weighted by atomic mass is 10.0. The summed E-state index contributed by atoms with van der Waals surface area (Å²) in [4.78, 5) is 17.3. The quantitative estimate of drug-likeness (QED) is 0.582. The normalized spacial score (nSPS) is 11.0. The second-order valence-corrected chi connectivity index (χ2v) is 8.29. The molecule has 1 heterocycles. The van der Waals surface area contributed by atoms with Crippen LogP contribution < -0.4 is 5.32 Å². The minimum Gasteiger partial charge on any atom is -0.325 e. The molecule has 0 saturated heterocycles. The molecular weight excluding hydrogens is 352 g/mol. The van der Waals surface area contributed by atoms with Gasteiger partial charge in [0.05, 0.1) is 16.3 Å². The van der Waals surface area contributed by atoms with Crippen molar-refractivity contribution in [3.8, 4) is 0 Å². The Morgan fingerprint density at radius 2 is 1.59 bits per heavy atom. The summed E-state index contributed by atoms with van der Waals surface area (Å²) in [6, 6.07) is 10.5. The lowest BCUT2D eigenvalue weighted by Crippen LogP contribution is -2.16. The van der Waals surface area contributed by atoms with Crippen LogP contribution in [0, 0.1) is 41.5 Å². The SMILES string of the molecule is Cc1cc(C)c(NC(=O)CSc2cc(C)c3ccc(C)c(C)c3n2)c(C)c1. The highest BCUT2D eigenvalue weighted by atomic mass is 32.2. The van der Waals surface area contributed by atoms with Gasteiger partial charge in [-0.1, -0.05) is 41.6 Å². The van der Waals surface area contributed by atoms with Gasteiger partial charge in [0.1, 0.15) is 0 Å². The molecule has 0 fully saturated rings. The van der Waals surface area contributed by atoms with E-state index < -0.39 is 0 Å². The van der Waals surface area contributed by atoms with E-state index in [4.69, 9.17) is 4.98 Å². The molecule has 0 unspecified atom stereocenters. The topological polar surface area (TPSA) is 42.0 Å². The van der Waals surface area contributed by atoms with E-state index in [-0.39, 0.29) is 5.91 Å². The molecule has 0 atom stereocenters. The summed E-state index contributed by atoms with van der Waals surface area (Å²) < 4.78 is 0. The molecule has 0 aliphatic carbocycles. The molecule has 1 N–H and O–H groups in total. The standard InChI is InChI=1S/C23H26N2OS/c1-13-9-16(4)22(17(5)10-13)24-20(26)12-27-21-11-15(3)19-8-7-14(2)18(6)23(19)25-21/h7-11H,12H2,1-6H3,(H,24,26). The highest BCUT2D eigenvalue weighted by molar-refractivity contribution is 7.99. The number of thioether (sulfide) groups is 1. The molecule has 0 saturated carbocycles. The Morgan fingerprint density at radius 3 is 2.26 bits per heavy atom. The van der Waals surface area contributed by atoms with Gasteiger partial charge in [-0.3, -0.25) is 4.79 Å². The van der Waals surface area contributed by atoms with Crippen molar-refractivity contribution in [2.75, 3.05) is 11.1 Å². The smallest absolute Gasteiger partial charge is 0.234 e. The number of carbonyl (C=O) groups is 1. The first-order valence-corrected chi connectivity index (χ1v) is 10.1. The van der Waals surface area contributed by atoms with Gasteiger partial charge in [0.25, 0.3) is 0 Å². The number of hydrogen-bond acceptors (Lipinski definition) is 3. The lowest BCUT2D eigenvalue weighted by Gasteiger charge is -2.13. The van der Waals surface area contributed by atoms with Crippen molar-refractivity contribution in [1.29, 1.82) is 0 Å². The van der Waals surface area contributed by atoms with Gasteiger partial charge in [0, 0.05) is 11.1 Å². The number of fused-ring (bicyclic) bond motifs is 1. The first kappa shape index (κ1) is 19.4. The van der Waals surface area contributed by atoms with Crippen LogP contribution in [0.1, 0.15) is 33.4 Å². The van der Waals surface area contributed by atoms with E-state index >= 15 is 0 Å². The summed E-state index contributed by atoms with van der Waals surface area (Å²) in [6.07, 6.45) is 0. The van der Waals surface area contributed by atoms with E-state index in [1.165, 1.54) is 39.4 Å². The van der Waals surface area contributed by atoms with Gasteiger partial charge in [0.2, 0.25) is 5.91 Å². The molecule has 4 heteroatoms.